The van der Waals surface area contributed by atoms with E-state index in [2.05, 4.69) is 15.9 Å². The van der Waals surface area contributed by atoms with E-state index in [0.717, 1.165) is 12.3 Å². The summed E-state index contributed by atoms with van der Waals surface area (Å²) >= 11 is 3.22. The van der Waals surface area contributed by atoms with Gasteiger partial charge in [-0.1, -0.05) is 22.0 Å². The number of nitro groups is 1. The van der Waals surface area contributed by atoms with Crippen molar-refractivity contribution in [2.45, 2.75) is 6.54 Å². The Morgan fingerprint density at radius 2 is 2.11 bits per heavy atom. The van der Waals surface area contributed by atoms with Crippen molar-refractivity contribution in [3.05, 3.63) is 72.9 Å². The molecule has 2 aromatic rings. The summed E-state index contributed by atoms with van der Waals surface area (Å²) in [5, 5.41) is 10.7. The average molecular weight is 327 g/mol. The lowest BCUT2D eigenvalue weighted by Gasteiger charge is -2.09. The van der Waals surface area contributed by atoms with Gasteiger partial charge in [0.15, 0.2) is 0 Å². The van der Waals surface area contributed by atoms with Gasteiger partial charge in [0.05, 0.1) is 17.7 Å². The van der Waals surface area contributed by atoms with Gasteiger partial charge in [0.25, 0.3) is 5.43 Å². The highest BCUT2D eigenvalue weighted by molar-refractivity contribution is 9.10. The first-order valence-electron chi connectivity index (χ1n) is 5.26. The van der Waals surface area contributed by atoms with Gasteiger partial charge in [0.2, 0.25) is 0 Å². The van der Waals surface area contributed by atoms with Gasteiger partial charge in [-0.05, 0) is 12.1 Å². The smallest absolute Gasteiger partial charge is 0.332 e. The molecule has 0 N–H and O–H groups in total. The third-order valence-corrected chi connectivity index (χ3v) is 3.30. The summed E-state index contributed by atoms with van der Waals surface area (Å²) in [6.07, 6.45) is 2.48. The second-order valence-corrected chi connectivity index (χ2v) is 4.68. The maximum absolute atomic E-state index is 13.6. The molecule has 7 heteroatoms. The molecule has 0 saturated carbocycles. The highest BCUT2D eigenvalue weighted by Crippen LogP contribution is 2.20. The quantitative estimate of drug-likeness (QED) is 0.643. The third kappa shape index (κ3) is 2.87. The lowest BCUT2D eigenvalue weighted by Crippen LogP contribution is -2.12. The molecule has 0 unspecified atom stereocenters. The monoisotopic (exact) mass is 326 g/mol. The summed E-state index contributed by atoms with van der Waals surface area (Å²) in [6, 6.07) is 5.62. The standard InChI is InChI=1S/C12H8BrFN2O3/c13-9-2-1-3-10(14)8(9)6-15-5-4-12(17)11(7-15)16(18)19/h1-5,7H,6H2. The first kappa shape index (κ1) is 13.4. The zero-order chi connectivity index (χ0) is 14.0. The largest absolute Gasteiger partial charge is 0.343 e. The molecule has 0 bridgehead atoms. The molecule has 98 valence electrons. The van der Waals surface area contributed by atoms with Gasteiger partial charge >= 0.3 is 5.69 Å². The van der Waals surface area contributed by atoms with Crippen LogP contribution in [0, 0.1) is 15.9 Å². The van der Waals surface area contributed by atoms with Crippen LogP contribution in [0.25, 0.3) is 0 Å². The predicted molar refractivity (Wildman–Crippen MR) is 70.6 cm³/mol. The summed E-state index contributed by atoms with van der Waals surface area (Å²) in [5.74, 6) is -0.421. The number of hydrogen-bond donors (Lipinski definition) is 0. The number of halogens is 2. The summed E-state index contributed by atoms with van der Waals surface area (Å²) in [4.78, 5) is 21.2. The molecular formula is C12H8BrFN2O3. The molecule has 0 radical (unpaired) electrons. The number of benzene rings is 1. The normalized spacial score (nSPS) is 10.4. The van der Waals surface area contributed by atoms with E-state index in [1.165, 1.54) is 16.8 Å². The van der Waals surface area contributed by atoms with Crippen molar-refractivity contribution < 1.29 is 9.31 Å². The minimum absolute atomic E-state index is 0.0916. The van der Waals surface area contributed by atoms with Gasteiger partial charge in [-0.25, -0.2) is 4.39 Å². The zero-order valence-corrected chi connectivity index (χ0v) is 11.1. The van der Waals surface area contributed by atoms with Crippen LogP contribution in [-0.2, 0) is 6.54 Å². The van der Waals surface area contributed by atoms with Crippen LogP contribution in [0.1, 0.15) is 5.56 Å². The zero-order valence-electron chi connectivity index (χ0n) is 9.55. The number of nitrogens with zero attached hydrogens (tertiary/aromatic N) is 2. The highest BCUT2D eigenvalue weighted by Gasteiger charge is 2.13. The van der Waals surface area contributed by atoms with E-state index in [-0.39, 0.29) is 6.54 Å². The van der Waals surface area contributed by atoms with Crippen LogP contribution in [0.5, 0.6) is 0 Å². The molecule has 5 nitrogen and oxygen atoms in total. The molecule has 0 spiro atoms. The van der Waals surface area contributed by atoms with Gasteiger partial charge in [-0.2, -0.15) is 0 Å². The number of pyridine rings is 1. The maximum Gasteiger partial charge on any atom is 0.332 e. The fourth-order valence-electron chi connectivity index (χ4n) is 1.61. The van der Waals surface area contributed by atoms with Crippen LogP contribution < -0.4 is 5.43 Å². The van der Waals surface area contributed by atoms with Gasteiger partial charge in [0.1, 0.15) is 5.82 Å². The second-order valence-electron chi connectivity index (χ2n) is 3.82. The Kier molecular flexibility index (Phi) is 3.75. The van der Waals surface area contributed by atoms with Crippen LogP contribution in [0.4, 0.5) is 10.1 Å². The molecule has 0 amide bonds. The predicted octanol–water partition coefficient (Wildman–Crippen LogP) is 2.71. The number of hydrogen-bond acceptors (Lipinski definition) is 3. The van der Waals surface area contributed by atoms with E-state index >= 15 is 0 Å². The molecule has 0 saturated heterocycles. The molecule has 0 fully saturated rings. The van der Waals surface area contributed by atoms with E-state index in [9.17, 15) is 19.3 Å². The summed E-state index contributed by atoms with van der Waals surface area (Å²) in [7, 11) is 0. The molecule has 19 heavy (non-hydrogen) atoms. The number of aromatic nitrogens is 1. The molecule has 0 atom stereocenters. The molecule has 0 aliphatic carbocycles. The Labute approximate surface area is 115 Å². The topological polar surface area (TPSA) is 65.1 Å². The van der Waals surface area contributed by atoms with Crippen LogP contribution in [0.15, 0.2) is 45.9 Å². The van der Waals surface area contributed by atoms with E-state index < -0.39 is 21.9 Å². The Morgan fingerprint density at radius 1 is 1.37 bits per heavy atom. The Balaban J connectivity index is 2.42. The van der Waals surface area contributed by atoms with Crippen molar-refractivity contribution in [1.82, 2.24) is 4.57 Å². The fraction of sp³-hybridized carbons (Fsp3) is 0.0833. The van der Waals surface area contributed by atoms with Crippen molar-refractivity contribution in [3.8, 4) is 0 Å². The Bertz CT molecular complexity index is 679. The van der Waals surface area contributed by atoms with E-state index in [4.69, 9.17) is 0 Å². The fourth-order valence-corrected chi connectivity index (χ4v) is 2.08. The van der Waals surface area contributed by atoms with Gasteiger partial charge < -0.3 is 4.57 Å². The molecule has 0 aliphatic rings. The van der Waals surface area contributed by atoms with Gasteiger partial charge in [0, 0.05) is 22.3 Å². The highest BCUT2D eigenvalue weighted by atomic mass is 79.9. The molecule has 1 aromatic heterocycles. The molecular weight excluding hydrogens is 319 g/mol. The van der Waals surface area contributed by atoms with Crippen molar-refractivity contribution in [1.29, 1.82) is 0 Å². The summed E-state index contributed by atoms with van der Waals surface area (Å²) < 4.78 is 15.6. The minimum Gasteiger partial charge on any atom is -0.343 e. The van der Waals surface area contributed by atoms with Crippen molar-refractivity contribution in [2.24, 2.45) is 0 Å². The van der Waals surface area contributed by atoms with E-state index in [1.54, 1.807) is 12.1 Å². The van der Waals surface area contributed by atoms with Crippen molar-refractivity contribution >= 4 is 21.6 Å². The van der Waals surface area contributed by atoms with E-state index in [0.29, 0.717) is 10.0 Å². The first-order chi connectivity index (χ1) is 8.99. The lowest BCUT2D eigenvalue weighted by molar-refractivity contribution is -0.386. The van der Waals surface area contributed by atoms with Gasteiger partial charge in [-0.3, -0.25) is 14.9 Å². The maximum atomic E-state index is 13.6. The number of rotatable bonds is 3. The molecule has 2 rings (SSSR count). The van der Waals surface area contributed by atoms with E-state index in [1.807, 2.05) is 0 Å². The third-order valence-electron chi connectivity index (χ3n) is 2.56. The second kappa shape index (κ2) is 5.31. The summed E-state index contributed by atoms with van der Waals surface area (Å²) in [6.45, 7) is 0.0916. The minimum atomic E-state index is -0.755. The van der Waals surface area contributed by atoms with Gasteiger partial charge in [-0.15, -0.1) is 0 Å². The van der Waals surface area contributed by atoms with Crippen LogP contribution in [0.3, 0.4) is 0 Å². The van der Waals surface area contributed by atoms with Crippen LogP contribution >= 0.6 is 15.9 Å². The summed E-state index contributed by atoms with van der Waals surface area (Å²) in [5.41, 5.74) is -0.843. The first-order valence-corrected chi connectivity index (χ1v) is 6.05. The lowest BCUT2D eigenvalue weighted by atomic mass is 10.2. The van der Waals surface area contributed by atoms with Crippen molar-refractivity contribution in [3.63, 3.8) is 0 Å². The van der Waals surface area contributed by atoms with Crippen LogP contribution in [-0.4, -0.2) is 9.49 Å². The Morgan fingerprint density at radius 3 is 2.74 bits per heavy atom. The molecule has 1 heterocycles. The van der Waals surface area contributed by atoms with Crippen LogP contribution in [0.2, 0.25) is 0 Å². The SMILES string of the molecule is O=c1ccn(Cc2c(F)cccc2Br)cc1[N+](=O)[O-]. The molecule has 1 aromatic carbocycles. The Hall–Kier alpha value is -2.02. The average Bonchev–Trinajstić information content (AvgIpc) is 2.35. The van der Waals surface area contributed by atoms with Crippen molar-refractivity contribution in [2.75, 3.05) is 0 Å². The molecule has 0 aliphatic heterocycles.